The SMILES string of the molecule is CCN(C(=O)[C@@H]1C[C@@H](C)N(C(=O)c2cc3ccccc3s2)c2ccccc21)c1ccc(Cl)cc1. The van der Waals surface area contributed by atoms with Gasteiger partial charge in [0.1, 0.15) is 0 Å². The van der Waals surface area contributed by atoms with Crippen molar-refractivity contribution >= 4 is 56.2 Å². The summed E-state index contributed by atoms with van der Waals surface area (Å²) in [6.45, 7) is 4.56. The summed E-state index contributed by atoms with van der Waals surface area (Å²) >= 11 is 7.57. The van der Waals surface area contributed by atoms with Gasteiger partial charge in [0.25, 0.3) is 5.91 Å². The Labute approximate surface area is 208 Å². The normalized spacial score (nSPS) is 17.4. The Balaban J connectivity index is 1.50. The first-order chi connectivity index (χ1) is 16.5. The average molecular weight is 489 g/mol. The molecule has 6 heteroatoms. The second-order valence-corrected chi connectivity index (χ2v) is 10.1. The van der Waals surface area contributed by atoms with Gasteiger partial charge in [0.2, 0.25) is 5.91 Å². The van der Waals surface area contributed by atoms with E-state index in [1.807, 2.05) is 85.5 Å². The molecule has 2 amide bonds. The Morgan fingerprint density at radius 2 is 1.74 bits per heavy atom. The number of nitrogens with zero attached hydrogens (tertiary/aromatic N) is 2. The predicted molar refractivity (Wildman–Crippen MR) is 141 cm³/mol. The lowest BCUT2D eigenvalue weighted by Gasteiger charge is -2.40. The number of amides is 2. The lowest BCUT2D eigenvalue weighted by molar-refractivity contribution is -0.120. The third-order valence-electron chi connectivity index (χ3n) is 6.46. The summed E-state index contributed by atoms with van der Waals surface area (Å²) in [6, 6.07) is 25.0. The number of carbonyl (C=O) groups excluding carboxylic acids is 2. The van der Waals surface area contributed by atoms with Gasteiger partial charge in [-0.1, -0.05) is 48.0 Å². The molecule has 0 radical (unpaired) electrons. The second kappa shape index (κ2) is 9.24. The Bertz CT molecular complexity index is 1330. The van der Waals surface area contributed by atoms with Crippen LogP contribution >= 0.6 is 22.9 Å². The molecule has 4 aromatic rings. The molecule has 0 N–H and O–H groups in total. The molecule has 2 atom stereocenters. The molecule has 0 bridgehead atoms. The number of fused-ring (bicyclic) bond motifs is 2. The number of carbonyl (C=O) groups is 2. The number of likely N-dealkylation sites (N-methyl/N-ethyl adjacent to an activating group) is 1. The number of anilines is 2. The molecule has 0 saturated carbocycles. The number of thiophene rings is 1. The van der Waals surface area contributed by atoms with Crippen molar-refractivity contribution in [3.63, 3.8) is 0 Å². The van der Waals surface area contributed by atoms with Crippen LogP contribution in [0.5, 0.6) is 0 Å². The lowest BCUT2D eigenvalue weighted by atomic mass is 9.84. The zero-order valence-corrected chi connectivity index (χ0v) is 20.6. The summed E-state index contributed by atoms with van der Waals surface area (Å²) in [5.74, 6) is -0.302. The molecule has 4 nitrogen and oxygen atoms in total. The molecular formula is C28H25ClN2O2S. The van der Waals surface area contributed by atoms with Crippen LogP contribution in [0.4, 0.5) is 11.4 Å². The van der Waals surface area contributed by atoms with E-state index in [1.54, 1.807) is 17.0 Å². The monoisotopic (exact) mass is 488 g/mol. The largest absolute Gasteiger partial charge is 0.312 e. The molecule has 172 valence electrons. The van der Waals surface area contributed by atoms with Crippen LogP contribution in [0.1, 0.15) is 41.4 Å². The first-order valence-electron chi connectivity index (χ1n) is 11.5. The maximum atomic E-state index is 13.8. The van der Waals surface area contributed by atoms with Crippen molar-refractivity contribution in [2.75, 3.05) is 16.3 Å². The molecule has 1 aliphatic rings. The van der Waals surface area contributed by atoms with Gasteiger partial charge in [0.05, 0.1) is 10.8 Å². The number of rotatable bonds is 4. The predicted octanol–water partition coefficient (Wildman–Crippen LogP) is 7.13. The third-order valence-corrected chi connectivity index (χ3v) is 7.82. The molecule has 1 aliphatic heterocycles. The quantitative estimate of drug-likeness (QED) is 0.306. The fraction of sp³-hybridized carbons (Fsp3) is 0.214. The van der Waals surface area contributed by atoms with Crippen molar-refractivity contribution in [2.24, 2.45) is 0 Å². The standard InChI is InChI=1S/C28H25ClN2O2S/c1-3-30(21-14-12-20(29)13-15-21)27(32)23-16-18(2)31(24-10-6-5-9-22(23)24)28(33)26-17-19-8-4-7-11-25(19)34-26/h4-15,17-18,23H,3,16H2,1-2H3/t18-,23-/m1/s1. The average Bonchev–Trinajstić information content (AvgIpc) is 3.29. The maximum absolute atomic E-state index is 13.8. The topological polar surface area (TPSA) is 40.6 Å². The third kappa shape index (κ3) is 3.99. The molecule has 5 rings (SSSR count). The molecule has 0 spiro atoms. The van der Waals surface area contributed by atoms with Crippen molar-refractivity contribution < 1.29 is 9.59 Å². The van der Waals surface area contributed by atoms with Gasteiger partial charge >= 0.3 is 0 Å². The van der Waals surface area contributed by atoms with Gasteiger partial charge in [-0.05, 0) is 73.7 Å². The molecule has 0 aliphatic carbocycles. The van der Waals surface area contributed by atoms with Crippen molar-refractivity contribution in [2.45, 2.75) is 32.2 Å². The van der Waals surface area contributed by atoms with Gasteiger partial charge in [-0.3, -0.25) is 9.59 Å². The molecule has 1 aromatic heterocycles. The van der Waals surface area contributed by atoms with Gasteiger partial charge in [-0.25, -0.2) is 0 Å². The van der Waals surface area contributed by atoms with E-state index in [0.717, 1.165) is 27.0 Å². The Morgan fingerprint density at radius 3 is 2.47 bits per heavy atom. The molecule has 0 unspecified atom stereocenters. The zero-order valence-electron chi connectivity index (χ0n) is 19.1. The van der Waals surface area contributed by atoms with Crippen LogP contribution in [-0.4, -0.2) is 24.4 Å². The number of halogens is 1. The Kier molecular flexibility index (Phi) is 6.15. The van der Waals surface area contributed by atoms with Crippen LogP contribution in [0.2, 0.25) is 5.02 Å². The van der Waals surface area contributed by atoms with Crippen LogP contribution in [0.15, 0.2) is 78.9 Å². The van der Waals surface area contributed by atoms with Crippen LogP contribution in [-0.2, 0) is 4.79 Å². The maximum Gasteiger partial charge on any atom is 0.268 e. The number of benzene rings is 3. The first kappa shape index (κ1) is 22.6. The lowest BCUT2D eigenvalue weighted by Crippen LogP contribution is -2.46. The molecule has 3 aromatic carbocycles. The van der Waals surface area contributed by atoms with E-state index in [2.05, 4.69) is 0 Å². The fourth-order valence-corrected chi connectivity index (χ4v) is 5.96. The summed E-state index contributed by atoms with van der Waals surface area (Å²) in [7, 11) is 0. The molecular weight excluding hydrogens is 464 g/mol. The van der Waals surface area contributed by atoms with Crippen LogP contribution in [0.25, 0.3) is 10.1 Å². The minimum absolute atomic E-state index is 0.0166. The van der Waals surface area contributed by atoms with Crippen LogP contribution in [0.3, 0.4) is 0 Å². The molecule has 2 heterocycles. The van der Waals surface area contributed by atoms with E-state index >= 15 is 0 Å². The number of hydrogen-bond acceptors (Lipinski definition) is 3. The number of hydrogen-bond donors (Lipinski definition) is 0. The van der Waals surface area contributed by atoms with E-state index in [1.165, 1.54) is 11.3 Å². The summed E-state index contributed by atoms with van der Waals surface area (Å²) in [5.41, 5.74) is 2.53. The molecule has 34 heavy (non-hydrogen) atoms. The van der Waals surface area contributed by atoms with E-state index in [0.29, 0.717) is 22.9 Å². The second-order valence-electron chi connectivity index (χ2n) is 8.58. The highest BCUT2D eigenvalue weighted by Crippen LogP contribution is 2.41. The van der Waals surface area contributed by atoms with E-state index in [9.17, 15) is 9.59 Å². The van der Waals surface area contributed by atoms with Crippen molar-refractivity contribution in [1.82, 2.24) is 0 Å². The van der Waals surface area contributed by atoms with E-state index in [4.69, 9.17) is 11.6 Å². The van der Waals surface area contributed by atoms with Gasteiger partial charge < -0.3 is 9.80 Å². The van der Waals surface area contributed by atoms with Crippen LogP contribution < -0.4 is 9.80 Å². The van der Waals surface area contributed by atoms with Crippen LogP contribution in [0, 0.1) is 0 Å². The Hall–Kier alpha value is -3.15. The van der Waals surface area contributed by atoms with Crippen molar-refractivity contribution in [3.05, 3.63) is 94.3 Å². The number of para-hydroxylation sites is 1. The molecule has 0 fully saturated rings. The highest BCUT2D eigenvalue weighted by Gasteiger charge is 2.39. The summed E-state index contributed by atoms with van der Waals surface area (Å²) in [6.07, 6.45) is 0.566. The van der Waals surface area contributed by atoms with Gasteiger partial charge in [-0.2, -0.15) is 0 Å². The Morgan fingerprint density at radius 1 is 1.03 bits per heavy atom. The van der Waals surface area contributed by atoms with Crippen molar-refractivity contribution in [1.29, 1.82) is 0 Å². The van der Waals surface area contributed by atoms with Gasteiger partial charge in [0.15, 0.2) is 0 Å². The first-order valence-corrected chi connectivity index (χ1v) is 12.7. The van der Waals surface area contributed by atoms with Gasteiger partial charge in [0, 0.05) is 33.7 Å². The smallest absolute Gasteiger partial charge is 0.268 e. The minimum Gasteiger partial charge on any atom is -0.312 e. The summed E-state index contributed by atoms with van der Waals surface area (Å²) in [5, 5.41) is 1.71. The molecule has 0 saturated heterocycles. The summed E-state index contributed by atoms with van der Waals surface area (Å²) in [4.78, 5) is 31.8. The highest BCUT2D eigenvalue weighted by molar-refractivity contribution is 7.20. The van der Waals surface area contributed by atoms with E-state index < -0.39 is 0 Å². The fourth-order valence-electron chi connectivity index (χ4n) is 4.84. The summed E-state index contributed by atoms with van der Waals surface area (Å²) < 4.78 is 1.10. The van der Waals surface area contributed by atoms with E-state index in [-0.39, 0.29) is 23.8 Å². The van der Waals surface area contributed by atoms with Crippen molar-refractivity contribution in [3.8, 4) is 0 Å². The van der Waals surface area contributed by atoms with Gasteiger partial charge in [-0.15, -0.1) is 11.3 Å². The zero-order chi connectivity index (χ0) is 23.8. The minimum atomic E-state index is -0.326. The highest BCUT2D eigenvalue weighted by atomic mass is 35.5.